The number of hydrogen-bond acceptors (Lipinski definition) is 2. The minimum absolute atomic E-state index is 0.0404. The highest BCUT2D eigenvalue weighted by Crippen LogP contribution is 2.44. The number of carbonyl (C=O) groups excluding carboxylic acids is 1. The molecular weight excluding hydrogens is 240 g/mol. The Labute approximate surface area is 104 Å². The van der Waals surface area contributed by atoms with Crippen molar-refractivity contribution in [1.29, 1.82) is 0 Å². The molecule has 1 amide bonds. The van der Waals surface area contributed by atoms with Crippen LogP contribution in [0.2, 0.25) is 0 Å². The smallest absolute Gasteiger partial charge is 0.352 e. The summed E-state index contributed by atoms with van der Waals surface area (Å²) >= 11 is 0. The lowest BCUT2D eigenvalue weighted by molar-refractivity contribution is -0.212. The molecule has 1 fully saturated rings. The molecule has 0 aromatic heterocycles. The normalized spacial score (nSPS) is 18.0. The van der Waals surface area contributed by atoms with Crippen LogP contribution in [0, 0.1) is 6.92 Å². The van der Waals surface area contributed by atoms with Gasteiger partial charge in [0, 0.05) is 5.69 Å². The third-order valence-corrected chi connectivity index (χ3v) is 3.33. The van der Waals surface area contributed by atoms with Crippen molar-refractivity contribution in [3.05, 3.63) is 29.8 Å². The predicted octanol–water partition coefficient (Wildman–Crippen LogP) is 2.48. The Bertz CT molecular complexity index is 470. The molecule has 0 radical (unpaired) electrons. The summed E-state index contributed by atoms with van der Waals surface area (Å²) < 4.78 is 27.5. The lowest BCUT2D eigenvalue weighted by Gasteiger charge is -2.41. The molecule has 1 aromatic carbocycles. The van der Waals surface area contributed by atoms with Gasteiger partial charge in [-0.2, -0.15) is 8.78 Å². The standard InChI is InChI=1S/C13H15F2NO2/c1-9-4-2-5-10(8-9)16-11(17)13(14,15)12(18)6-3-7-12/h2,4-5,8,18H,3,6-7H2,1H3,(H,16,17). The van der Waals surface area contributed by atoms with Crippen molar-refractivity contribution in [2.24, 2.45) is 0 Å². The minimum Gasteiger partial charge on any atom is -0.383 e. The van der Waals surface area contributed by atoms with Gasteiger partial charge in [0.2, 0.25) is 0 Å². The molecule has 98 valence electrons. The maximum atomic E-state index is 13.8. The van der Waals surface area contributed by atoms with Gasteiger partial charge in [0.15, 0.2) is 0 Å². The molecular formula is C13H15F2NO2. The summed E-state index contributed by atoms with van der Waals surface area (Å²) in [6.07, 6.45) is 0.437. The second kappa shape index (κ2) is 4.31. The predicted molar refractivity (Wildman–Crippen MR) is 63.6 cm³/mol. The van der Waals surface area contributed by atoms with Gasteiger partial charge in [-0.05, 0) is 43.9 Å². The molecule has 0 spiro atoms. The Morgan fingerprint density at radius 3 is 2.61 bits per heavy atom. The number of benzene rings is 1. The second-order valence-corrected chi connectivity index (χ2v) is 4.78. The van der Waals surface area contributed by atoms with Gasteiger partial charge in [-0.1, -0.05) is 12.1 Å². The van der Waals surface area contributed by atoms with E-state index in [0.717, 1.165) is 5.56 Å². The van der Waals surface area contributed by atoms with Crippen molar-refractivity contribution < 1.29 is 18.7 Å². The van der Waals surface area contributed by atoms with E-state index >= 15 is 0 Å². The van der Waals surface area contributed by atoms with Crippen molar-refractivity contribution in [2.45, 2.75) is 37.7 Å². The Morgan fingerprint density at radius 1 is 1.44 bits per heavy atom. The molecule has 0 aliphatic heterocycles. The Balaban J connectivity index is 2.12. The van der Waals surface area contributed by atoms with Gasteiger partial charge in [0.1, 0.15) is 5.60 Å². The minimum atomic E-state index is -3.75. The first-order valence-corrected chi connectivity index (χ1v) is 5.83. The van der Waals surface area contributed by atoms with Crippen LogP contribution in [0.25, 0.3) is 0 Å². The molecule has 1 saturated carbocycles. The average molecular weight is 255 g/mol. The maximum Gasteiger partial charge on any atom is 0.352 e. The highest BCUT2D eigenvalue weighted by atomic mass is 19.3. The van der Waals surface area contributed by atoms with E-state index in [-0.39, 0.29) is 12.8 Å². The number of halogens is 2. The third-order valence-electron chi connectivity index (χ3n) is 3.33. The molecule has 0 atom stereocenters. The van der Waals surface area contributed by atoms with E-state index in [1.54, 1.807) is 25.1 Å². The zero-order chi connectivity index (χ0) is 13.4. The van der Waals surface area contributed by atoms with Crippen LogP contribution in [0.3, 0.4) is 0 Å². The summed E-state index contributed by atoms with van der Waals surface area (Å²) in [5, 5.41) is 11.8. The van der Waals surface area contributed by atoms with E-state index in [0.29, 0.717) is 12.1 Å². The van der Waals surface area contributed by atoms with Crippen LogP contribution in [-0.4, -0.2) is 22.5 Å². The SMILES string of the molecule is Cc1cccc(NC(=O)C(F)(F)C2(O)CCC2)c1. The first-order chi connectivity index (χ1) is 8.35. The number of anilines is 1. The van der Waals surface area contributed by atoms with Gasteiger partial charge >= 0.3 is 5.92 Å². The van der Waals surface area contributed by atoms with E-state index in [2.05, 4.69) is 5.32 Å². The quantitative estimate of drug-likeness (QED) is 0.871. The van der Waals surface area contributed by atoms with Crippen molar-refractivity contribution >= 4 is 11.6 Å². The fourth-order valence-corrected chi connectivity index (χ4v) is 1.97. The average Bonchev–Trinajstić information content (AvgIpc) is 2.25. The zero-order valence-electron chi connectivity index (χ0n) is 10.0. The van der Waals surface area contributed by atoms with E-state index in [1.165, 1.54) is 6.07 Å². The molecule has 0 heterocycles. The highest BCUT2D eigenvalue weighted by Gasteiger charge is 2.61. The van der Waals surface area contributed by atoms with Crippen LogP contribution in [0.4, 0.5) is 14.5 Å². The van der Waals surface area contributed by atoms with Crippen LogP contribution in [-0.2, 0) is 4.79 Å². The van der Waals surface area contributed by atoms with Gasteiger partial charge in [-0.15, -0.1) is 0 Å². The molecule has 3 nitrogen and oxygen atoms in total. The third kappa shape index (κ3) is 2.10. The fraction of sp³-hybridized carbons (Fsp3) is 0.462. The Hall–Kier alpha value is -1.49. The van der Waals surface area contributed by atoms with Gasteiger partial charge < -0.3 is 10.4 Å². The van der Waals surface area contributed by atoms with Gasteiger partial charge in [-0.3, -0.25) is 4.79 Å². The second-order valence-electron chi connectivity index (χ2n) is 4.78. The van der Waals surface area contributed by atoms with Gasteiger partial charge in [0.05, 0.1) is 0 Å². The number of hydrogen-bond donors (Lipinski definition) is 2. The lowest BCUT2D eigenvalue weighted by Crippen LogP contribution is -2.59. The fourth-order valence-electron chi connectivity index (χ4n) is 1.97. The van der Waals surface area contributed by atoms with Crippen molar-refractivity contribution in [2.75, 3.05) is 5.32 Å². The summed E-state index contributed by atoms with van der Waals surface area (Å²) in [5.74, 6) is -5.20. The molecule has 18 heavy (non-hydrogen) atoms. The number of alkyl halides is 2. The van der Waals surface area contributed by atoms with Crippen LogP contribution in [0.15, 0.2) is 24.3 Å². The lowest BCUT2D eigenvalue weighted by atomic mass is 9.75. The van der Waals surface area contributed by atoms with E-state index in [9.17, 15) is 18.7 Å². The van der Waals surface area contributed by atoms with Crippen LogP contribution in [0.1, 0.15) is 24.8 Å². The number of aryl methyl sites for hydroxylation is 1. The molecule has 1 aliphatic carbocycles. The van der Waals surface area contributed by atoms with Crippen molar-refractivity contribution in [3.8, 4) is 0 Å². The number of nitrogens with one attached hydrogen (secondary N) is 1. The van der Waals surface area contributed by atoms with E-state index in [1.807, 2.05) is 0 Å². The van der Waals surface area contributed by atoms with E-state index < -0.39 is 17.4 Å². The highest BCUT2D eigenvalue weighted by molar-refractivity contribution is 5.97. The van der Waals surface area contributed by atoms with Crippen LogP contribution < -0.4 is 5.32 Å². The van der Waals surface area contributed by atoms with Crippen molar-refractivity contribution in [3.63, 3.8) is 0 Å². The van der Waals surface area contributed by atoms with Crippen molar-refractivity contribution in [1.82, 2.24) is 0 Å². The maximum absolute atomic E-state index is 13.8. The monoisotopic (exact) mass is 255 g/mol. The molecule has 2 rings (SSSR count). The topological polar surface area (TPSA) is 49.3 Å². The van der Waals surface area contributed by atoms with Crippen LogP contribution >= 0.6 is 0 Å². The number of amides is 1. The summed E-state index contributed by atoms with van der Waals surface area (Å²) in [5.41, 5.74) is -1.01. The Kier molecular flexibility index (Phi) is 3.11. The largest absolute Gasteiger partial charge is 0.383 e. The summed E-state index contributed by atoms with van der Waals surface area (Å²) in [6.45, 7) is 1.80. The number of rotatable bonds is 3. The molecule has 0 saturated heterocycles. The molecule has 0 bridgehead atoms. The molecule has 1 aliphatic rings. The molecule has 1 aromatic rings. The van der Waals surface area contributed by atoms with Gasteiger partial charge in [0.25, 0.3) is 5.91 Å². The molecule has 0 unspecified atom stereocenters. The van der Waals surface area contributed by atoms with E-state index in [4.69, 9.17) is 0 Å². The summed E-state index contributed by atoms with van der Waals surface area (Å²) in [6, 6.07) is 6.60. The summed E-state index contributed by atoms with van der Waals surface area (Å²) in [7, 11) is 0. The first kappa shape index (κ1) is 13.0. The molecule has 2 N–H and O–H groups in total. The first-order valence-electron chi connectivity index (χ1n) is 5.83. The zero-order valence-corrected chi connectivity index (χ0v) is 10.0. The molecule has 5 heteroatoms. The number of aliphatic hydroxyl groups is 1. The Morgan fingerprint density at radius 2 is 2.11 bits per heavy atom. The summed E-state index contributed by atoms with van der Waals surface area (Å²) in [4.78, 5) is 11.6. The van der Waals surface area contributed by atoms with Gasteiger partial charge in [-0.25, -0.2) is 0 Å². The van der Waals surface area contributed by atoms with Crippen LogP contribution in [0.5, 0.6) is 0 Å². The number of carbonyl (C=O) groups is 1.